The minimum absolute atomic E-state index is 0.229. The minimum Gasteiger partial charge on any atom is -0.379 e. The lowest BCUT2D eigenvalue weighted by Gasteiger charge is -2.26. The highest BCUT2D eigenvalue weighted by Crippen LogP contribution is 2.11. The van der Waals surface area contributed by atoms with Gasteiger partial charge in [0.2, 0.25) is 0 Å². The normalized spacial score (nSPS) is 25.1. The van der Waals surface area contributed by atoms with E-state index in [1.165, 1.54) is 4.31 Å². The van der Waals surface area contributed by atoms with Crippen molar-refractivity contribution in [2.75, 3.05) is 52.5 Å². The number of ether oxygens (including phenoxy) is 2. The smallest absolute Gasteiger partial charge is 0.279 e. The summed E-state index contributed by atoms with van der Waals surface area (Å²) >= 11 is 0. The highest BCUT2D eigenvalue weighted by atomic mass is 32.2. The van der Waals surface area contributed by atoms with E-state index < -0.39 is 10.2 Å². The summed E-state index contributed by atoms with van der Waals surface area (Å²) in [7, 11) is -3.32. The van der Waals surface area contributed by atoms with Crippen LogP contribution in [0.4, 0.5) is 0 Å². The molecule has 1 atom stereocenters. The van der Waals surface area contributed by atoms with Crippen LogP contribution in [-0.4, -0.2) is 71.4 Å². The first-order chi connectivity index (χ1) is 9.68. The summed E-state index contributed by atoms with van der Waals surface area (Å²) in [5, 5.41) is 3.13. The van der Waals surface area contributed by atoms with Crippen molar-refractivity contribution in [3.05, 3.63) is 0 Å². The number of piperazine rings is 1. The van der Waals surface area contributed by atoms with Crippen molar-refractivity contribution in [2.24, 2.45) is 0 Å². The van der Waals surface area contributed by atoms with Crippen molar-refractivity contribution in [2.45, 2.75) is 25.4 Å². The maximum absolute atomic E-state index is 12.0. The first kappa shape index (κ1) is 16.1. The fourth-order valence-electron chi connectivity index (χ4n) is 2.34. The first-order valence-corrected chi connectivity index (χ1v) is 8.77. The Morgan fingerprint density at radius 2 is 2.15 bits per heavy atom. The Hall–Kier alpha value is -0.250. The molecular formula is C12H25N3O4S. The van der Waals surface area contributed by atoms with Crippen LogP contribution in [0.25, 0.3) is 0 Å². The second-order valence-corrected chi connectivity index (χ2v) is 6.87. The molecule has 0 spiro atoms. The molecule has 0 radical (unpaired) electrons. The lowest BCUT2D eigenvalue weighted by Crippen LogP contribution is -2.50. The molecule has 7 nitrogen and oxygen atoms in total. The topological polar surface area (TPSA) is 79.9 Å². The van der Waals surface area contributed by atoms with Gasteiger partial charge >= 0.3 is 0 Å². The Morgan fingerprint density at radius 1 is 1.35 bits per heavy atom. The molecule has 2 N–H and O–H groups in total. The standard InChI is InChI=1S/C12H25N3O4S/c16-20(17,15-7-5-13-6-8-15)14-4-2-9-18-11-12-3-1-10-19-12/h12-14H,1-11H2. The molecule has 2 rings (SSSR count). The van der Waals surface area contributed by atoms with Crippen LogP contribution in [0.2, 0.25) is 0 Å². The van der Waals surface area contributed by atoms with Gasteiger partial charge in [0, 0.05) is 45.9 Å². The highest BCUT2D eigenvalue weighted by Gasteiger charge is 2.22. The molecule has 0 aromatic rings. The SMILES string of the molecule is O=S(=O)(NCCCOCC1CCCO1)N1CCNCC1. The average Bonchev–Trinajstić information content (AvgIpc) is 2.97. The van der Waals surface area contributed by atoms with Crippen molar-refractivity contribution in [1.82, 2.24) is 14.3 Å². The predicted octanol–water partition coefficient (Wildman–Crippen LogP) is -0.688. The molecule has 118 valence electrons. The van der Waals surface area contributed by atoms with E-state index in [0.717, 1.165) is 19.4 Å². The summed E-state index contributed by atoms with van der Waals surface area (Å²) in [4.78, 5) is 0. The Morgan fingerprint density at radius 3 is 2.85 bits per heavy atom. The van der Waals surface area contributed by atoms with E-state index in [1.54, 1.807) is 0 Å². The average molecular weight is 307 g/mol. The Bertz CT molecular complexity index is 365. The molecule has 0 bridgehead atoms. The van der Waals surface area contributed by atoms with E-state index in [4.69, 9.17) is 9.47 Å². The fourth-order valence-corrected chi connectivity index (χ4v) is 3.59. The number of hydrogen-bond donors (Lipinski definition) is 2. The van der Waals surface area contributed by atoms with Crippen LogP contribution in [0.3, 0.4) is 0 Å². The Kier molecular flexibility index (Phi) is 6.66. The maximum atomic E-state index is 12.0. The van der Waals surface area contributed by atoms with E-state index in [9.17, 15) is 8.42 Å². The molecule has 8 heteroatoms. The van der Waals surface area contributed by atoms with Crippen LogP contribution in [0.1, 0.15) is 19.3 Å². The van der Waals surface area contributed by atoms with Crippen LogP contribution in [0.15, 0.2) is 0 Å². The van der Waals surface area contributed by atoms with Crippen molar-refractivity contribution in [3.8, 4) is 0 Å². The summed E-state index contributed by atoms with van der Waals surface area (Å²) < 4.78 is 38.9. The number of rotatable bonds is 8. The molecule has 2 aliphatic rings. The van der Waals surface area contributed by atoms with Crippen molar-refractivity contribution in [1.29, 1.82) is 0 Å². The molecule has 20 heavy (non-hydrogen) atoms. The van der Waals surface area contributed by atoms with Gasteiger partial charge in [0.1, 0.15) is 0 Å². The van der Waals surface area contributed by atoms with E-state index in [1.807, 2.05) is 0 Å². The predicted molar refractivity (Wildman–Crippen MR) is 75.8 cm³/mol. The van der Waals surface area contributed by atoms with Gasteiger partial charge < -0.3 is 14.8 Å². The lowest BCUT2D eigenvalue weighted by molar-refractivity contribution is 0.0169. The van der Waals surface area contributed by atoms with Crippen LogP contribution in [0.5, 0.6) is 0 Å². The molecule has 0 amide bonds. The van der Waals surface area contributed by atoms with Gasteiger partial charge in [0.15, 0.2) is 0 Å². The van der Waals surface area contributed by atoms with Gasteiger partial charge in [-0.1, -0.05) is 0 Å². The molecule has 2 aliphatic heterocycles. The third-order valence-corrected chi connectivity index (χ3v) is 5.11. The molecular weight excluding hydrogens is 282 g/mol. The maximum Gasteiger partial charge on any atom is 0.279 e. The van der Waals surface area contributed by atoms with Gasteiger partial charge in [-0.05, 0) is 19.3 Å². The molecule has 2 fully saturated rings. The summed E-state index contributed by atoms with van der Waals surface area (Å²) in [5.74, 6) is 0. The highest BCUT2D eigenvalue weighted by molar-refractivity contribution is 7.87. The largest absolute Gasteiger partial charge is 0.379 e. The Labute approximate surface area is 121 Å². The third kappa shape index (κ3) is 5.27. The van der Waals surface area contributed by atoms with Gasteiger partial charge in [0.05, 0.1) is 12.7 Å². The van der Waals surface area contributed by atoms with Crippen molar-refractivity contribution in [3.63, 3.8) is 0 Å². The van der Waals surface area contributed by atoms with E-state index in [-0.39, 0.29) is 6.10 Å². The summed E-state index contributed by atoms with van der Waals surface area (Å²) in [6, 6.07) is 0. The van der Waals surface area contributed by atoms with Gasteiger partial charge in [-0.15, -0.1) is 0 Å². The Balaban J connectivity index is 1.53. The summed E-state index contributed by atoms with van der Waals surface area (Å²) in [5.41, 5.74) is 0. The molecule has 0 aliphatic carbocycles. The summed E-state index contributed by atoms with van der Waals surface area (Å²) in [6.45, 7) is 4.91. The molecule has 0 saturated carbocycles. The first-order valence-electron chi connectivity index (χ1n) is 7.33. The zero-order valence-electron chi connectivity index (χ0n) is 11.8. The van der Waals surface area contributed by atoms with Gasteiger partial charge in [-0.2, -0.15) is 12.7 Å². The van der Waals surface area contributed by atoms with E-state index in [0.29, 0.717) is 52.4 Å². The second kappa shape index (κ2) is 8.26. The summed E-state index contributed by atoms with van der Waals surface area (Å²) in [6.07, 6.45) is 3.08. The monoisotopic (exact) mass is 307 g/mol. The molecule has 0 aromatic heterocycles. The van der Waals surface area contributed by atoms with Crippen molar-refractivity contribution >= 4 is 10.2 Å². The second-order valence-electron chi connectivity index (χ2n) is 5.11. The molecule has 0 aromatic carbocycles. The molecule has 2 saturated heterocycles. The zero-order valence-corrected chi connectivity index (χ0v) is 12.7. The quantitative estimate of drug-likeness (QED) is 0.580. The van der Waals surface area contributed by atoms with E-state index >= 15 is 0 Å². The minimum atomic E-state index is -3.32. The van der Waals surface area contributed by atoms with Gasteiger partial charge in [0.25, 0.3) is 10.2 Å². The number of nitrogens with one attached hydrogen (secondary N) is 2. The van der Waals surface area contributed by atoms with Crippen LogP contribution < -0.4 is 10.0 Å². The zero-order chi connectivity index (χ0) is 14.3. The van der Waals surface area contributed by atoms with Crippen LogP contribution >= 0.6 is 0 Å². The number of nitrogens with zero attached hydrogens (tertiary/aromatic N) is 1. The van der Waals surface area contributed by atoms with E-state index in [2.05, 4.69) is 10.0 Å². The fraction of sp³-hybridized carbons (Fsp3) is 1.00. The van der Waals surface area contributed by atoms with Crippen LogP contribution in [-0.2, 0) is 19.7 Å². The third-order valence-electron chi connectivity index (χ3n) is 3.49. The lowest BCUT2D eigenvalue weighted by atomic mass is 10.2. The van der Waals surface area contributed by atoms with Crippen LogP contribution in [0, 0.1) is 0 Å². The number of hydrogen-bond acceptors (Lipinski definition) is 5. The molecule has 1 unspecified atom stereocenters. The van der Waals surface area contributed by atoms with Crippen molar-refractivity contribution < 1.29 is 17.9 Å². The molecule has 2 heterocycles. The van der Waals surface area contributed by atoms with Gasteiger partial charge in [-0.25, -0.2) is 4.72 Å². The van der Waals surface area contributed by atoms with Gasteiger partial charge in [-0.3, -0.25) is 0 Å².